The Morgan fingerprint density at radius 2 is 2.07 bits per heavy atom. The number of nitrogens with one attached hydrogen (secondary N) is 1. The maximum absolute atomic E-state index is 10.6. The molecule has 0 aliphatic rings. The lowest BCUT2D eigenvalue weighted by atomic mass is 10.1. The van der Waals surface area contributed by atoms with Crippen molar-refractivity contribution >= 4 is 5.71 Å². The van der Waals surface area contributed by atoms with Crippen LogP contribution in [-0.2, 0) is 0 Å². The topological polar surface area (TPSA) is 89.9 Å². The molecule has 0 atom stereocenters. The first-order valence-corrected chi connectivity index (χ1v) is 3.91. The molecule has 6 heteroatoms. The zero-order chi connectivity index (χ0) is 9.80. The summed E-state index contributed by atoms with van der Waals surface area (Å²) >= 11 is 0. The molecule has 2 aromatic rings. The molecule has 14 heavy (non-hydrogen) atoms. The molecule has 0 saturated heterocycles. The summed E-state index contributed by atoms with van der Waals surface area (Å²) in [6, 6.07) is 8.98. The van der Waals surface area contributed by atoms with Gasteiger partial charge in [0.2, 0.25) is 5.82 Å². The Balaban J connectivity index is 2.43. The molecule has 1 aromatic carbocycles. The highest BCUT2D eigenvalue weighted by molar-refractivity contribution is 6.10. The normalized spacial score (nSPS) is 11.6. The second-order valence-corrected chi connectivity index (χ2v) is 2.54. The van der Waals surface area contributed by atoms with Crippen LogP contribution in [0, 0.1) is 5.21 Å². The lowest BCUT2D eigenvalue weighted by Crippen LogP contribution is -2.05. The zero-order valence-electron chi connectivity index (χ0n) is 7.08. The van der Waals surface area contributed by atoms with Gasteiger partial charge in [-0.3, -0.25) is 0 Å². The Bertz CT molecular complexity index is 422. The minimum atomic E-state index is 0.180. The van der Waals surface area contributed by atoms with Crippen LogP contribution in [0.25, 0.3) is 0 Å². The summed E-state index contributed by atoms with van der Waals surface area (Å²) < 4.78 is 0. The van der Waals surface area contributed by atoms with Crippen molar-refractivity contribution in [1.29, 1.82) is 0 Å². The monoisotopic (exact) mass is 188 g/mol. The Morgan fingerprint density at radius 1 is 1.29 bits per heavy atom. The number of hydrogen-bond donors (Lipinski definition) is 1. The summed E-state index contributed by atoms with van der Waals surface area (Å²) in [7, 11) is 0. The van der Waals surface area contributed by atoms with E-state index in [-0.39, 0.29) is 11.5 Å². The fraction of sp³-hybridized carbons (Fsp3) is 0. The molecular formula is C8H6N5O-. The van der Waals surface area contributed by atoms with Crippen LogP contribution < -0.4 is 0 Å². The van der Waals surface area contributed by atoms with Crippen molar-refractivity contribution in [2.75, 3.05) is 0 Å². The van der Waals surface area contributed by atoms with Gasteiger partial charge in [-0.05, 0) is 5.21 Å². The zero-order valence-corrected chi connectivity index (χ0v) is 7.08. The number of hydrogen-bond acceptors (Lipinski definition) is 5. The van der Waals surface area contributed by atoms with E-state index in [1.165, 1.54) is 0 Å². The molecule has 0 amide bonds. The van der Waals surface area contributed by atoms with Crippen LogP contribution in [0.5, 0.6) is 0 Å². The third-order valence-electron chi connectivity index (χ3n) is 1.70. The molecule has 70 valence electrons. The van der Waals surface area contributed by atoms with E-state index < -0.39 is 0 Å². The maximum atomic E-state index is 10.6. The smallest absolute Gasteiger partial charge is 0.222 e. The van der Waals surface area contributed by atoms with Gasteiger partial charge >= 0.3 is 0 Å². The SMILES string of the molecule is [O-]/N=C(/c1ccccc1)c1nn[nH]n1. The summed E-state index contributed by atoms with van der Waals surface area (Å²) in [5.74, 6) is 0.200. The summed E-state index contributed by atoms with van der Waals surface area (Å²) in [5.41, 5.74) is 0.850. The third-order valence-corrected chi connectivity index (χ3v) is 1.70. The van der Waals surface area contributed by atoms with Gasteiger partial charge in [-0.1, -0.05) is 30.3 Å². The fourth-order valence-corrected chi connectivity index (χ4v) is 1.08. The van der Waals surface area contributed by atoms with Gasteiger partial charge in [-0.25, -0.2) is 0 Å². The van der Waals surface area contributed by atoms with E-state index in [4.69, 9.17) is 0 Å². The first-order valence-electron chi connectivity index (χ1n) is 3.91. The van der Waals surface area contributed by atoms with Gasteiger partial charge in [0.25, 0.3) is 0 Å². The highest BCUT2D eigenvalue weighted by atomic mass is 16.4. The number of benzene rings is 1. The van der Waals surface area contributed by atoms with Crippen molar-refractivity contribution in [3.05, 3.63) is 46.9 Å². The van der Waals surface area contributed by atoms with E-state index in [1.807, 2.05) is 6.07 Å². The first kappa shape index (κ1) is 8.36. The lowest BCUT2D eigenvalue weighted by Gasteiger charge is -2.03. The van der Waals surface area contributed by atoms with Crippen LogP contribution in [0.1, 0.15) is 11.4 Å². The van der Waals surface area contributed by atoms with E-state index in [9.17, 15) is 5.21 Å². The number of aromatic amines is 1. The van der Waals surface area contributed by atoms with Crippen LogP contribution in [0.2, 0.25) is 0 Å². The number of aromatic nitrogens is 4. The van der Waals surface area contributed by atoms with Gasteiger partial charge in [0.05, 0.1) is 0 Å². The second kappa shape index (κ2) is 3.65. The molecule has 0 radical (unpaired) electrons. The van der Waals surface area contributed by atoms with Crippen molar-refractivity contribution in [2.45, 2.75) is 0 Å². The summed E-state index contributed by atoms with van der Waals surface area (Å²) in [4.78, 5) is 0. The van der Waals surface area contributed by atoms with Gasteiger partial charge in [-0.2, -0.15) is 5.21 Å². The number of tetrazole rings is 1. The average Bonchev–Trinajstić information content (AvgIpc) is 2.74. The molecule has 0 aliphatic heterocycles. The third kappa shape index (κ3) is 1.45. The molecule has 1 heterocycles. The van der Waals surface area contributed by atoms with Crippen LogP contribution in [-0.4, -0.2) is 26.3 Å². The van der Waals surface area contributed by atoms with Crippen LogP contribution in [0.15, 0.2) is 35.5 Å². The fourth-order valence-electron chi connectivity index (χ4n) is 1.08. The van der Waals surface area contributed by atoms with E-state index in [0.29, 0.717) is 5.56 Å². The summed E-state index contributed by atoms with van der Waals surface area (Å²) in [5, 5.41) is 26.5. The molecule has 0 saturated carbocycles. The second-order valence-electron chi connectivity index (χ2n) is 2.54. The predicted octanol–water partition coefficient (Wildman–Crippen LogP) is 0.535. The number of nitrogens with zero attached hydrogens (tertiary/aromatic N) is 4. The van der Waals surface area contributed by atoms with Gasteiger partial charge in [0, 0.05) is 5.56 Å². The lowest BCUT2D eigenvalue weighted by molar-refractivity contribution is 0.881. The van der Waals surface area contributed by atoms with Crippen molar-refractivity contribution in [2.24, 2.45) is 5.16 Å². The molecule has 6 nitrogen and oxygen atoms in total. The summed E-state index contributed by atoms with van der Waals surface area (Å²) in [6.07, 6.45) is 0. The van der Waals surface area contributed by atoms with Crippen molar-refractivity contribution in [3.8, 4) is 0 Å². The van der Waals surface area contributed by atoms with E-state index in [0.717, 1.165) is 0 Å². The molecule has 0 aliphatic carbocycles. The first-order chi connectivity index (χ1) is 6.92. The molecule has 0 fully saturated rings. The molecule has 0 unspecified atom stereocenters. The highest BCUT2D eigenvalue weighted by Gasteiger charge is 2.08. The maximum Gasteiger partial charge on any atom is 0.222 e. The van der Waals surface area contributed by atoms with Crippen molar-refractivity contribution in [3.63, 3.8) is 0 Å². The van der Waals surface area contributed by atoms with E-state index >= 15 is 0 Å². The Kier molecular flexibility index (Phi) is 2.18. The van der Waals surface area contributed by atoms with Gasteiger partial charge in [-0.15, -0.1) is 10.2 Å². The number of H-pyrrole nitrogens is 1. The van der Waals surface area contributed by atoms with Gasteiger partial charge < -0.3 is 10.4 Å². The molecule has 0 spiro atoms. The summed E-state index contributed by atoms with van der Waals surface area (Å²) in [6.45, 7) is 0. The van der Waals surface area contributed by atoms with Crippen molar-refractivity contribution < 1.29 is 0 Å². The minimum Gasteiger partial charge on any atom is -0.791 e. The van der Waals surface area contributed by atoms with Crippen LogP contribution in [0.3, 0.4) is 0 Å². The average molecular weight is 188 g/mol. The van der Waals surface area contributed by atoms with Crippen LogP contribution in [0.4, 0.5) is 0 Å². The largest absolute Gasteiger partial charge is 0.791 e. The Labute approximate surface area is 79.3 Å². The van der Waals surface area contributed by atoms with Gasteiger partial charge in [0.15, 0.2) is 0 Å². The van der Waals surface area contributed by atoms with Gasteiger partial charge in [0.1, 0.15) is 5.71 Å². The molecular weight excluding hydrogens is 182 g/mol. The molecule has 1 aromatic heterocycles. The highest BCUT2D eigenvalue weighted by Crippen LogP contribution is 2.05. The van der Waals surface area contributed by atoms with E-state index in [2.05, 4.69) is 25.8 Å². The van der Waals surface area contributed by atoms with E-state index in [1.54, 1.807) is 24.3 Å². The van der Waals surface area contributed by atoms with Crippen LogP contribution >= 0.6 is 0 Å². The molecule has 1 N–H and O–H groups in total. The Hall–Kier alpha value is -2.24. The standard InChI is InChI=1S/C8H7N5O/c14-11-7(8-9-12-13-10-8)6-4-2-1-3-5-6/h1-5,14H,(H,9,10,12,13)/p-1/b11-7-. The molecule has 0 bridgehead atoms. The minimum absolute atomic E-state index is 0.180. The quantitative estimate of drug-likeness (QED) is 0.550. The predicted molar refractivity (Wildman–Crippen MR) is 49.6 cm³/mol. The number of rotatable bonds is 2. The molecule has 2 rings (SSSR count). The Morgan fingerprint density at radius 3 is 2.64 bits per heavy atom. The van der Waals surface area contributed by atoms with Crippen molar-refractivity contribution in [1.82, 2.24) is 20.6 Å².